The van der Waals surface area contributed by atoms with Crippen LogP contribution in [0.2, 0.25) is 0 Å². The Kier molecular flexibility index (Phi) is 7.12. The van der Waals surface area contributed by atoms with Gasteiger partial charge in [0.05, 0.1) is 12.2 Å². The van der Waals surface area contributed by atoms with Crippen molar-refractivity contribution >= 4 is 12.0 Å². The molecule has 0 spiro atoms. The van der Waals surface area contributed by atoms with Crippen molar-refractivity contribution < 1.29 is 18.8 Å². The van der Waals surface area contributed by atoms with Crippen LogP contribution in [0, 0.1) is 12.3 Å². The number of carbonyl (C=O) groups is 2. The molecule has 1 aliphatic rings. The van der Waals surface area contributed by atoms with Crippen molar-refractivity contribution in [3.63, 3.8) is 0 Å². The SMILES string of the molecule is Cc1noc(C(NC(=O)c2nc(-c3ccccc3)n3c2CN(C(=O)OC(C)(C)C)CCC3)C(C)(C)C)n1. The van der Waals surface area contributed by atoms with E-state index in [0.29, 0.717) is 42.7 Å². The highest BCUT2D eigenvalue weighted by molar-refractivity contribution is 5.94. The van der Waals surface area contributed by atoms with Gasteiger partial charge in [0.2, 0.25) is 5.89 Å². The van der Waals surface area contributed by atoms with Gasteiger partial charge in [0, 0.05) is 18.7 Å². The molecule has 0 bridgehead atoms. The zero-order valence-electron chi connectivity index (χ0n) is 22.7. The number of aryl methyl sites for hydroxylation is 1. The van der Waals surface area contributed by atoms with Crippen molar-refractivity contribution in [1.82, 2.24) is 29.9 Å². The number of benzene rings is 1. The third kappa shape index (κ3) is 6.00. The standard InChI is InChI=1S/C27H36N6O4/c1-17-28-24(37-31-17)21(26(2,3)4)30-23(34)20-19-16-32(25(35)36-27(5,6)7)14-11-15-33(19)22(29-20)18-12-9-8-10-13-18/h8-10,12-13,21H,11,14-16H2,1-7H3,(H,30,34). The summed E-state index contributed by atoms with van der Waals surface area (Å²) in [5.41, 5.74) is 0.791. The normalized spacial score (nSPS) is 15.1. The summed E-state index contributed by atoms with van der Waals surface area (Å²) in [6.45, 7) is 14.6. The molecule has 1 aromatic carbocycles. The fourth-order valence-corrected chi connectivity index (χ4v) is 4.32. The van der Waals surface area contributed by atoms with Crippen LogP contribution in [0.5, 0.6) is 0 Å². The van der Waals surface area contributed by atoms with Crippen LogP contribution in [0.1, 0.15) is 81.9 Å². The van der Waals surface area contributed by atoms with Crippen molar-refractivity contribution in [2.75, 3.05) is 6.54 Å². The third-order valence-corrected chi connectivity index (χ3v) is 6.05. The predicted molar refractivity (Wildman–Crippen MR) is 138 cm³/mol. The Labute approximate surface area is 217 Å². The lowest BCUT2D eigenvalue weighted by atomic mass is 9.86. The van der Waals surface area contributed by atoms with Crippen molar-refractivity contribution in [2.24, 2.45) is 5.41 Å². The van der Waals surface area contributed by atoms with Crippen LogP contribution in [0.4, 0.5) is 4.79 Å². The van der Waals surface area contributed by atoms with E-state index in [4.69, 9.17) is 14.2 Å². The average molecular weight is 509 g/mol. The van der Waals surface area contributed by atoms with E-state index >= 15 is 0 Å². The summed E-state index contributed by atoms with van der Waals surface area (Å²) >= 11 is 0. The molecule has 3 heterocycles. The number of imidazole rings is 1. The summed E-state index contributed by atoms with van der Waals surface area (Å²) in [6.07, 6.45) is 0.290. The van der Waals surface area contributed by atoms with Gasteiger partial charge in [-0.3, -0.25) is 4.79 Å². The third-order valence-electron chi connectivity index (χ3n) is 6.05. The number of ether oxygens (including phenoxy) is 1. The smallest absolute Gasteiger partial charge is 0.410 e. The Hall–Kier alpha value is -3.69. The number of nitrogens with one attached hydrogen (secondary N) is 1. The predicted octanol–water partition coefficient (Wildman–Crippen LogP) is 4.90. The molecule has 37 heavy (non-hydrogen) atoms. The summed E-state index contributed by atoms with van der Waals surface area (Å²) in [5, 5.41) is 6.98. The van der Waals surface area contributed by atoms with Crippen LogP contribution in [0.3, 0.4) is 0 Å². The van der Waals surface area contributed by atoms with Crippen LogP contribution in [-0.2, 0) is 17.8 Å². The highest BCUT2D eigenvalue weighted by atomic mass is 16.6. The van der Waals surface area contributed by atoms with E-state index in [2.05, 4.69) is 15.5 Å². The number of hydrogen-bond donors (Lipinski definition) is 1. The Morgan fingerprint density at radius 1 is 1.05 bits per heavy atom. The number of rotatable bonds is 4. The molecule has 198 valence electrons. The first kappa shape index (κ1) is 26.4. The topological polar surface area (TPSA) is 115 Å². The molecule has 0 aliphatic carbocycles. The fourth-order valence-electron chi connectivity index (χ4n) is 4.32. The minimum atomic E-state index is -0.624. The van der Waals surface area contributed by atoms with Crippen LogP contribution in [-0.4, -0.2) is 48.7 Å². The molecule has 4 rings (SSSR count). The molecule has 0 fully saturated rings. The quantitative estimate of drug-likeness (QED) is 0.533. The Balaban J connectivity index is 1.74. The molecule has 1 atom stereocenters. The van der Waals surface area contributed by atoms with Gasteiger partial charge in [0.15, 0.2) is 11.5 Å². The molecule has 0 saturated heterocycles. The van der Waals surface area contributed by atoms with E-state index in [1.807, 2.05) is 76.4 Å². The lowest BCUT2D eigenvalue weighted by Gasteiger charge is -2.28. The average Bonchev–Trinajstić information content (AvgIpc) is 3.31. The van der Waals surface area contributed by atoms with Crippen LogP contribution in [0.15, 0.2) is 34.9 Å². The first-order valence-electron chi connectivity index (χ1n) is 12.6. The molecule has 10 heteroatoms. The van der Waals surface area contributed by atoms with Gasteiger partial charge in [-0.25, -0.2) is 9.78 Å². The van der Waals surface area contributed by atoms with Crippen molar-refractivity contribution in [1.29, 1.82) is 0 Å². The second-order valence-electron chi connectivity index (χ2n) is 11.5. The molecular formula is C27H36N6O4. The summed E-state index contributed by atoms with van der Waals surface area (Å²) in [5.74, 6) is 1.15. The van der Waals surface area contributed by atoms with Gasteiger partial charge in [0.1, 0.15) is 17.5 Å². The van der Waals surface area contributed by atoms with Crippen LogP contribution < -0.4 is 5.32 Å². The molecule has 2 aromatic heterocycles. The summed E-state index contributed by atoms with van der Waals surface area (Å²) in [6, 6.07) is 9.21. The van der Waals surface area contributed by atoms with Gasteiger partial charge in [-0.05, 0) is 39.5 Å². The molecule has 1 aliphatic heterocycles. The second kappa shape index (κ2) is 9.99. The van der Waals surface area contributed by atoms with E-state index in [0.717, 1.165) is 5.56 Å². The summed E-state index contributed by atoms with van der Waals surface area (Å²) in [7, 11) is 0. The first-order chi connectivity index (χ1) is 17.3. The number of fused-ring (bicyclic) bond motifs is 1. The number of aromatic nitrogens is 4. The zero-order valence-corrected chi connectivity index (χ0v) is 22.7. The molecule has 0 radical (unpaired) electrons. The summed E-state index contributed by atoms with van der Waals surface area (Å²) in [4.78, 5) is 37.6. The molecule has 1 N–H and O–H groups in total. The molecule has 3 aromatic rings. The van der Waals surface area contributed by atoms with Gasteiger partial charge in [0.25, 0.3) is 5.91 Å². The van der Waals surface area contributed by atoms with E-state index in [9.17, 15) is 9.59 Å². The Morgan fingerprint density at radius 3 is 2.35 bits per heavy atom. The lowest BCUT2D eigenvalue weighted by Crippen LogP contribution is -2.39. The molecular weight excluding hydrogens is 472 g/mol. The largest absolute Gasteiger partial charge is 0.444 e. The number of amides is 2. The van der Waals surface area contributed by atoms with Crippen molar-refractivity contribution in [3.8, 4) is 11.4 Å². The molecule has 2 amide bonds. The summed E-state index contributed by atoms with van der Waals surface area (Å²) < 4.78 is 13.1. The highest BCUT2D eigenvalue weighted by Gasteiger charge is 2.36. The van der Waals surface area contributed by atoms with Gasteiger partial charge >= 0.3 is 6.09 Å². The molecule has 0 saturated carbocycles. The van der Waals surface area contributed by atoms with Crippen molar-refractivity contribution in [3.05, 3.63) is 53.4 Å². The van der Waals surface area contributed by atoms with E-state index < -0.39 is 23.2 Å². The van der Waals surface area contributed by atoms with Crippen LogP contribution >= 0.6 is 0 Å². The Bertz CT molecular complexity index is 1270. The van der Waals surface area contributed by atoms with Crippen LogP contribution in [0.25, 0.3) is 11.4 Å². The zero-order chi connectivity index (χ0) is 27.0. The monoisotopic (exact) mass is 508 g/mol. The van der Waals surface area contributed by atoms with Gasteiger partial charge in [-0.2, -0.15) is 4.98 Å². The maximum atomic E-state index is 13.8. The maximum Gasteiger partial charge on any atom is 0.410 e. The highest BCUT2D eigenvalue weighted by Crippen LogP contribution is 2.33. The van der Waals surface area contributed by atoms with Gasteiger partial charge in [-0.1, -0.05) is 56.3 Å². The number of hydrogen-bond acceptors (Lipinski definition) is 7. The number of carbonyl (C=O) groups excluding carboxylic acids is 2. The maximum absolute atomic E-state index is 13.8. The minimum Gasteiger partial charge on any atom is -0.444 e. The van der Waals surface area contributed by atoms with Crippen molar-refractivity contribution in [2.45, 2.75) is 79.6 Å². The Morgan fingerprint density at radius 2 is 1.76 bits per heavy atom. The van der Waals surface area contributed by atoms with E-state index in [1.165, 1.54) is 0 Å². The van der Waals surface area contributed by atoms with E-state index in [1.54, 1.807) is 11.8 Å². The van der Waals surface area contributed by atoms with Gasteiger partial charge in [-0.15, -0.1) is 0 Å². The number of nitrogens with zero attached hydrogens (tertiary/aromatic N) is 5. The molecule has 1 unspecified atom stereocenters. The fraction of sp³-hybridized carbons (Fsp3) is 0.519. The molecule has 10 nitrogen and oxygen atoms in total. The van der Waals surface area contributed by atoms with E-state index in [-0.39, 0.29) is 18.1 Å². The lowest BCUT2D eigenvalue weighted by molar-refractivity contribution is 0.0235. The minimum absolute atomic E-state index is 0.206. The first-order valence-corrected chi connectivity index (χ1v) is 12.6. The second-order valence-corrected chi connectivity index (χ2v) is 11.5. The van der Waals surface area contributed by atoms with Gasteiger partial charge < -0.3 is 24.0 Å².